The van der Waals surface area contributed by atoms with Crippen molar-refractivity contribution in [2.75, 3.05) is 12.4 Å². The molecule has 23 heavy (non-hydrogen) atoms. The van der Waals surface area contributed by atoms with Crippen LogP contribution in [0.25, 0.3) is 11.0 Å². The highest BCUT2D eigenvalue weighted by Gasteiger charge is 2.15. The molecule has 2 heterocycles. The molecule has 0 spiro atoms. The van der Waals surface area contributed by atoms with E-state index in [-0.39, 0.29) is 0 Å². The van der Waals surface area contributed by atoms with Crippen LogP contribution < -0.4 is 5.32 Å². The molecule has 2 aromatic carbocycles. The van der Waals surface area contributed by atoms with Crippen LogP contribution in [-0.4, -0.2) is 11.9 Å². The Bertz CT molecular complexity index is 840. The van der Waals surface area contributed by atoms with Crippen molar-refractivity contribution in [2.24, 2.45) is 0 Å². The molecule has 0 atom stereocenters. The monoisotopic (exact) mass is 306 g/mol. The maximum Gasteiger partial charge on any atom is 0.134 e. The zero-order valence-corrected chi connectivity index (χ0v) is 13.9. The van der Waals surface area contributed by atoms with E-state index in [2.05, 4.69) is 67.5 Å². The number of furan rings is 1. The lowest BCUT2D eigenvalue weighted by molar-refractivity contribution is 0.353. The lowest BCUT2D eigenvalue weighted by atomic mass is 10.1. The molecule has 0 saturated heterocycles. The van der Waals surface area contributed by atoms with Gasteiger partial charge in [-0.05, 0) is 73.5 Å². The van der Waals surface area contributed by atoms with E-state index in [0.717, 1.165) is 30.1 Å². The zero-order valence-electron chi connectivity index (χ0n) is 13.9. The molecule has 3 aromatic rings. The zero-order chi connectivity index (χ0) is 16.0. The highest BCUT2D eigenvalue weighted by atomic mass is 16.3. The summed E-state index contributed by atoms with van der Waals surface area (Å²) in [6.45, 7) is 7.06. The van der Waals surface area contributed by atoms with Crippen molar-refractivity contribution in [3.05, 3.63) is 64.4 Å². The Hall–Kier alpha value is -2.26. The quantitative estimate of drug-likeness (QED) is 0.766. The molecule has 3 nitrogen and oxygen atoms in total. The standard InChI is InChI=1S/C20H22N2O/c1-13-6-16-9-19(23-20(16)7-14(13)2)10-21-18-5-4-15-11-22(3)12-17(15)8-18/h4-9,21H,10-12H2,1-3H3. The van der Waals surface area contributed by atoms with Crippen LogP contribution in [0.3, 0.4) is 0 Å². The Morgan fingerprint density at radius 2 is 1.78 bits per heavy atom. The largest absolute Gasteiger partial charge is 0.459 e. The van der Waals surface area contributed by atoms with E-state index >= 15 is 0 Å². The van der Waals surface area contributed by atoms with Gasteiger partial charge in [-0.2, -0.15) is 0 Å². The Kier molecular flexibility index (Phi) is 3.38. The average Bonchev–Trinajstić information content (AvgIpc) is 3.07. The molecule has 1 aliphatic heterocycles. The van der Waals surface area contributed by atoms with Crippen molar-refractivity contribution in [1.29, 1.82) is 0 Å². The van der Waals surface area contributed by atoms with E-state index < -0.39 is 0 Å². The maximum absolute atomic E-state index is 5.96. The number of hydrogen-bond acceptors (Lipinski definition) is 3. The average molecular weight is 306 g/mol. The molecule has 118 valence electrons. The van der Waals surface area contributed by atoms with Gasteiger partial charge in [-0.15, -0.1) is 0 Å². The molecule has 0 unspecified atom stereocenters. The van der Waals surface area contributed by atoms with Crippen LogP contribution in [0.1, 0.15) is 28.0 Å². The lowest BCUT2D eigenvalue weighted by Crippen LogP contribution is -2.07. The minimum atomic E-state index is 0.710. The van der Waals surface area contributed by atoms with Crippen molar-refractivity contribution >= 4 is 16.7 Å². The third kappa shape index (κ3) is 2.73. The van der Waals surface area contributed by atoms with Gasteiger partial charge in [0.2, 0.25) is 0 Å². The molecular weight excluding hydrogens is 284 g/mol. The number of fused-ring (bicyclic) bond motifs is 2. The molecule has 0 aliphatic carbocycles. The minimum Gasteiger partial charge on any atom is -0.459 e. The number of nitrogens with zero attached hydrogens (tertiary/aromatic N) is 1. The Morgan fingerprint density at radius 3 is 2.65 bits per heavy atom. The molecule has 4 rings (SSSR count). The topological polar surface area (TPSA) is 28.4 Å². The Balaban J connectivity index is 1.52. The van der Waals surface area contributed by atoms with Gasteiger partial charge in [0.1, 0.15) is 11.3 Å². The highest BCUT2D eigenvalue weighted by Crippen LogP contribution is 2.26. The fraction of sp³-hybridized carbons (Fsp3) is 0.300. The van der Waals surface area contributed by atoms with Gasteiger partial charge in [0.25, 0.3) is 0 Å². The first-order chi connectivity index (χ1) is 11.1. The molecule has 1 N–H and O–H groups in total. The number of hydrogen-bond donors (Lipinski definition) is 1. The summed E-state index contributed by atoms with van der Waals surface area (Å²) in [6.07, 6.45) is 0. The molecule has 0 radical (unpaired) electrons. The summed E-state index contributed by atoms with van der Waals surface area (Å²) in [5, 5.41) is 4.66. The third-order valence-corrected chi connectivity index (χ3v) is 4.74. The Labute approximate surface area is 136 Å². The van der Waals surface area contributed by atoms with E-state index in [1.807, 2.05) is 0 Å². The molecule has 0 amide bonds. The summed E-state index contributed by atoms with van der Waals surface area (Å²) in [6, 6.07) is 13.1. The second-order valence-corrected chi connectivity index (χ2v) is 6.70. The lowest BCUT2D eigenvalue weighted by Gasteiger charge is -2.06. The summed E-state index contributed by atoms with van der Waals surface area (Å²) in [5.41, 5.74) is 7.57. The van der Waals surface area contributed by atoms with Crippen LogP contribution in [0.4, 0.5) is 5.69 Å². The van der Waals surface area contributed by atoms with E-state index in [9.17, 15) is 0 Å². The fourth-order valence-electron chi connectivity index (χ4n) is 3.31. The Morgan fingerprint density at radius 1 is 1.00 bits per heavy atom. The van der Waals surface area contributed by atoms with E-state index in [0.29, 0.717) is 6.54 Å². The van der Waals surface area contributed by atoms with Gasteiger partial charge in [0.05, 0.1) is 6.54 Å². The van der Waals surface area contributed by atoms with Gasteiger partial charge in [0.15, 0.2) is 0 Å². The fourth-order valence-corrected chi connectivity index (χ4v) is 3.31. The third-order valence-electron chi connectivity index (χ3n) is 4.74. The van der Waals surface area contributed by atoms with Crippen LogP contribution in [0.15, 0.2) is 40.8 Å². The maximum atomic E-state index is 5.96. The van der Waals surface area contributed by atoms with Gasteiger partial charge in [-0.1, -0.05) is 6.07 Å². The molecule has 0 bridgehead atoms. The van der Waals surface area contributed by atoms with Crippen LogP contribution >= 0.6 is 0 Å². The van der Waals surface area contributed by atoms with Crippen LogP contribution in [0.5, 0.6) is 0 Å². The predicted octanol–water partition coefficient (Wildman–Crippen LogP) is 4.61. The van der Waals surface area contributed by atoms with Gasteiger partial charge < -0.3 is 9.73 Å². The first kappa shape index (κ1) is 14.3. The summed E-state index contributed by atoms with van der Waals surface area (Å²) in [4.78, 5) is 2.33. The number of rotatable bonds is 3. The second-order valence-electron chi connectivity index (χ2n) is 6.70. The molecule has 1 aromatic heterocycles. The van der Waals surface area contributed by atoms with Crippen molar-refractivity contribution in [2.45, 2.75) is 33.5 Å². The van der Waals surface area contributed by atoms with Gasteiger partial charge in [-0.25, -0.2) is 0 Å². The SMILES string of the molecule is Cc1cc2cc(CNc3ccc4c(c3)CN(C)C4)oc2cc1C. The minimum absolute atomic E-state index is 0.710. The smallest absolute Gasteiger partial charge is 0.134 e. The van der Waals surface area contributed by atoms with Crippen LogP contribution in [0, 0.1) is 13.8 Å². The van der Waals surface area contributed by atoms with Crippen LogP contribution in [-0.2, 0) is 19.6 Å². The first-order valence-corrected chi connectivity index (χ1v) is 8.12. The molecule has 1 aliphatic rings. The molecular formula is C20H22N2O. The van der Waals surface area contributed by atoms with Crippen molar-refractivity contribution in [1.82, 2.24) is 4.90 Å². The van der Waals surface area contributed by atoms with Gasteiger partial charge in [-0.3, -0.25) is 4.90 Å². The summed E-state index contributed by atoms with van der Waals surface area (Å²) < 4.78 is 5.96. The molecule has 0 fully saturated rings. The molecule has 0 saturated carbocycles. The van der Waals surface area contributed by atoms with Crippen molar-refractivity contribution in [3.63, 3.8) is 0 Å². The number of anilines is 1. The van der Waals surface area contributed by atoms with E-state index in [1.54, 1.807) is 0 Å². The van der Waals surface area contributed by atoms with E-state index in [1.165, 1.54) is 27.6 Å². The number of nitrogens with one attached hydrogen (secondary N) is 1. The van der Waals surface area contributed by atoms with Crippen molar-refractivity contribution in [3.8, 4) is 0 Å². The van der Waals surface area contributed by atoms with Gasteiger partial charge in [0, 0.05) is 24.2 Å². The summed E-state index contributed by atoms with van der Waals surface area (Å²) in [7, 11) is 2.16. The number of aryl methyl sites for hydroxylation is 2. The highest BCUT2D eigenvalue weighted by molar-refractivity contribution is 5.79. The normalized spacial score (nSPS) is 14.4. The number of benzene rings is 2. The summed E-state index contributed by atoms with van der Waals surface area (Å²) in [5.74, 6) is 0.975. The van der Waals surface area contributed by atoms with Gasteiger partial charge >= 0.3 is 0 Å². The predicted molar refractivity (Wildman–Crippen MR) is 94.6 cm³/mol. The second kappa shape index (κ2) is 5.43. The molecule has 3 heteroatoms. The van der Waals surface area contributed by atoms with Crippen LogP contribution in [0.2, 0.25) is 0 Å². The summed E-state index contributed by atoms with van der Waals surface area (Å²) >= 11 is 0. The first-order valence-electron chi connectivity index (χ1n) is 8.12. The van der Waals surface area contributed by atoms with E-state index in [4.69, 9.17) is 4.42 Å². The van der Waals surface area contributed by atoms with Crippen molar-refractivity contribution < 1.29 is 4.42 Å².